The normalized spacial score (nSPS) is 16.5. The van der Waals surface area contributed by atoms with Gasteiger partial charge in [-0.25, -0.2) is 13.1 Å². The molecule has 3 aromatic rings. The summed E-state index contributed by atoms with van der Waals surface area (Å²) in [6.07, 6.45) is 5.70. The van der Waals surface area contributed by atoms with E-state index in [-0.39, 0.29) is 11.5 Å². The molecule has 1 aliphatic rings. The topological polar surface area (TPSA) is 130 Å². The lowest BCUT2D eigenvalue weighted by Gasteiger charge is -2.16. The van der Waals surface area contributed by atoms with Gasteiger partial charge in [-0.05, 0) is 30.2 Å². The van der Waals surface area contributed by atoms with Crippen LogP contribution in [0.15, 0.2) is 48.9 Å². The van der Waals surface area contributed by atoms with Crippen LogP contribution in [0.2, 0.25) is 0 Å². The third-order valence-electron chi connectivity index (χ3n) is 5.04. The minimum atomic E-state index is -3.66. The molecule has 0 bridgehead atoms. The molecular weight excluding hydrogens is 420 g/mol. The number of nitrogens with zero attached hydrogens (tertiary/aromatic N) is 3. The average Bonchev–Trinajstić information content (AvgIpc) is 3.17. The van der Waals surface area contributed by atoms with Crippen LogP contribution in [-0.2, 0) is 10.0 Å². The van der Waals surface area contributed by atoms with Gasteiger partial charge in [0.2, 0.25) is 10.0 Å². The molecule has 31 heavy (non-hydrogen) atoms. The zero-order valence-electron chi connectivity index (χ0n) is 16.6. The average molecular weight is 440 g/mol. The fourth-order valence-corrected chi connectivity index (χ4v) is 3.98. The number of hydrogen-bond donors (Lipinski definition) is 2. The van der Waals surface area contributed by atoms with Crippen molar-refractivity contribution in [1.82, 2.24) is 19.6 Å². The minimum Gasteiger partial charge on any atom is -0.391 e. The highest BCUT2D eigenvalue weighted by Crippen LogP contribution is 2.28. The van der Waals surface area contributed by atoms with E-state index in [2.05, 4.69) is 9.97 Å². The number of β-amino-alcohol motifs (C(OH)–C–C–N with tert-alkyl or cyclic N) is 1. The van der Waals surface area contributed by atoms with Crippen LogP contribution in [0, 0.1) is 0 Å². The first-order valence-corrected chi connectivity index (χ1v) is 11.4. The maximum absolute atomic E-state index is 12.8. The Morgan fingerprint density at radius 1 is 1.13 bits per heavy atom. The van der Waals surface area contributed by atoms with Gasteiger partial charge >= 0.3 is 0 Å². The Kier molecular flexibility index (Phi) is 5.42. The molecule has 160 valence electrons. The second-order valence-electron chi connectivity index (χ2n) is 7.45. The van der Waals surface area contributed by atoms with Crippen molar-refractivity contribution >= 4 is 32.7 Å². The maximum atomic E-state index is 12.8. The molecule has 4 rings (SSSR count). The van der Waals surface area contributed by atoms with E-state index in [1.165, 1.54) is 18.3 Å². The van der Waals surface area contributed by atoms with Crippen molar-refractivity contribution in [1.29, 1.82) is 0 Å². The molecule has 1 aliphatic heterocycles. The molecule has 10 heteroatoms. The van der Waals surface area contributed by atoms with Crippen molar-refractivity contribution in [2.24, 2.45) is 0 Å². The van der Waals surface area contributed by atoms with Gasteiger partial charge in [0, 0.05) is 42.0 Å². The fourth-order valence-electron chi connectivity index (χ4n) is 3.53. The number of rotatable bonds is 4. The van der Waals surface area contributed by atoms with Gasteiger partial charge in [0.15, 0.2) is 0 Å². The molecule has 0 aliphatic carbocycles. The molecule has 0 radical (unpaired) electrons. The van der Waals surface area contributed by atoms with Crippen molar-refractivity contribution in [2.75, 3.05) is 19.3 Å². The number of carbonyl (C=O) groups is 2. The van der Waals surface area contributed by atoms with Crippen LogP contribution < -0.4 is 4.72 Å². The Bertz CT molecular complexity index is 1270. The van der Waals surface area contributed by atoms with Gasteiger partial charge in [-0.3, -0.25) is 19.6 Å². The standard InChI is InChI=1S/C21H20N4O5S/c1-31(29,30)24-20(27)14-4-2-13(3-5-14)18-10-22-11-19-17(18)8-15(9-23-19)21(28)25-7-6-16(26)12-25/h2-5,8-11,16,26H,6-7,12H2,1H3,(H,24,27)/t16-/m1/s1. The number of carbonyl (C=O) groups excluding carboxylic acids is 2. The quantitative estimate of drug-likeness (QED) is 0.623. The van der Waals surface area contributed by atoms with Crippen LogP contribution >= 0.6 is 0 Å². The van der Waals surface area contributed by atoms with Crippen LogP contribution in [0.1, 0.15) is 27.1 Å². The first kappa shape index (κ1) is 20.9. The van der Waals surface area contributed by atoms with Gasteiger partial charge in [-0.1, -0.05) is 12.1 Å². The zero-order chi connectivity index (χ0) is 22.2. The molecule has 1 atom stereocenters. The van der Waals surface area contributed by atoms with E-state index in [9.17, 15) is 23.1 Å². The lowest BCUT2D eigenvalue weighted by Crippen LogP contribution is -2.29. The summed E-state index contributed by atoms with van der Waals surface area (Å²) in [6, 6.07) is 8.14. The molecule has 1 aromatic carbocycles. The van der Waals surface area contributed by atoms with Crippen LogP contribution in [0.25, 0.3) is 22.0 Å². The maximum Gasteiger partial charge on any atom is 0.264 e. The van der Waals surface area contributed by atoms with Crippen LogP contribution in [-0.4, -0.2) is 65.7 Å². The van der Waals surface area contributed by atoms with Crippen LogP contribution in [0.5, 0.6) is 0 Å². The van der Waals surface area contributed by atoms with Gasteiger partial charge in [0.05, 0.1) is 29.6 Å². The third-order valence-corrected chi connectivity index (χ3v) is 5.60. The van der Waals surface area contributed by atoms with Crippen molar-refractivity contribution in [3.8, 4) is 11.1 Å². The number of aliphatic hydroxyl groups is 1. The summed E-state index contributed by atoms with van der Waals surface area (Å²) < 4.78 is 24.4. The van der Waals surface area contributed by atoms with Crippen LogP contribution in [0.3, 0.4) is 0 Å². The third kappa shape index (κ3) is 4.54. The number of hydrogen-bond acceptors (Lipinski definition) is 7. The molecule has 1 fully saturated rings. The number of nitrogens with one attached hydrogen (secondary N) is 1. The second kappa shape index (κ2) is 8.05. The number of fused-ring (bicyclic) bond motifs is 1. The summed E-state index contributed by atoms with van der Waals surface area (Å²) in [7, 11) is -3.66. The Hall–Kier alpha value is -3.37. The predicted molar refractivity (Wildman–Crippen MR) is 114 cm³/mol. The van der Waals surface area contributed by atoms with Gasteiger partial charge in [0.1, 0.15) is 0 Å². The summed E-state index contributed by atoms with van der Waals surface area (Å²) >= 11 is 0. The molecule has 2 amide bonds. The number of benzene rings is 1. The zero-order valence-corrected chi connectivity index (χ0v) is 17.5. The highest BCUT2D eigenvalue weighted by molar-refractivity contribution is 7.89. The lowest BCUT2D eigenvalue weighted by atomic mass is 10.0. The molecule has 3 heterocycles. The first-order valence-electron chi connectivity index (χ1n) is 9.55. The Morgan fingerprint density at radius 2 is 1.87 bits per heavy atom. The smallest absolute Gasteiger partial charge is 0.264 e. The Balaban J connectivity index is 1.67. The molecule has 0 spiro atoms. The van der Waals surface area contributed by atoms with E-state index in [0.717, 1.165) is 17.4 Å². The monoisotopic (exact) mass is 440 g/mol. The molecule has 1 saturated heterocycles. The van der Waals surface area contributed by atoms with Gasteiger partial charge < -0.3 is 10.0 Å². The van der Waals surface area contributed by atoms with E-state index in [0.29, 0.717) is 36.0 Å². The summed E-state index contributed by atoms with van der Waals surface area (Å²) in [4.78, 5) is 35.0. The van der Waals surface area contributed by atoms with E-state index >= 15 is 0 Å². The number of aromatic nitrogens is 2. The summed E-state index contributed by atoms with van der Waals surface area (Å²) in [5.74, 6) is -0.908. The van der Waals surface area contributed by atoms with Gasteiger partial charge in [0.25, 0.3) is 11.8 Å². The van der Waals surface area contributed by atoms with E-state index < -0.39 is 22.0 Å². The van der Waals surface area contributed by atoms with Gasteiger partial charge in [-0.15, -0.1) is 0 Å². The molecule has 2 aromatic heterocycles. The SMILES string of the molecule is CS(=O)(=O)NC(=O)c1ccc(-c2cncc3ncc(C(=O)N4CC[C@@H](O)C4)cc23)cc1. The summed E-state index contributed by atoms with van der Waals surface area (Å²) in [5, 5.41) is 10.4. The Morgan fingerprint density at radius 3 is 2.52 bits per heavy atom. The molecule has 9 nitrogen and oxygen atoms in total. The number of amides is 2. The number of aliphatic hydroxyl groups excluding tert-OH is 1. The van der Waals surface area contributed by atoms with Crippen molar-refractivity contribution in [3.05, 3.63) is 60.0 Å². The molecular formula is C21H20N4O5S. The largest absolute Gasteiger partial charge is 0.391 e. The van der Waals surface area contributed by atoms with Gasteiger partial charge in [-0.2, -0.15) is 0 Å². The van der Waals surface area contributed by atoms with E-state index in [1.54, 1.807) is 35.5 Å². The van der Waals surface area contributed by atoms with Crippen molar-refractivity contribution < 1.29 is 23.1 Å². The highest BCUT2D eigenvalue weighted by atomic mass is 32.2. The van der Waals surface area contributed by atoms with E-state index in [4.69, 9.17) is 0 Å². The number of sulfonamides is 1. The summed E-state index contributed by atoms with van der Waals surface area (Å²) in [5.41, 5.74) is 2.67. The lowest BCUT2D eigenvalue weighted by molar-refractivity contribution is 0.0764. The number of pyridine rings is 2. The van der Waals surface area contributed by atoms with Crippen molar-refractivity contribution in [3.63, 3.8) is 0 Å². The fraction of sp³-hybridized carbons (Fsp3) is 0.238. The molecule has 0 unspecified atom stereocenters. The molecule has 0 saturated carbocycles. The second-order valence-corrected chi connectivity index (χ2v) is 9.20. The first-order chi connectivity index (χ1) is 14.7. The molecule has 2 N–H and O–H groups in total. The van der Waals surface area contributed by atoms with Crippen LogP contribution in [0.4, 0.5) is 0 Å². The Labute approximate surface area is 178 Å². The number of likely N-dealkylation sites (tertiary alicyclic amines) is 1. The van der Waals surface area contributed by atoms with E-state index in [1.807, 2.05) is 4.72 Å². The highest BCUT2D eigenvalue weighted by Gasteiger charge is 2.26. The van der Waals surface area contributed by atoms with Crippen molar-refractivity contribution in [2.45, 2.75) is 12.5 Å². The predicted octanol–water partition coefficient (Wildman–Crippen LogP) is 1.19. The summed E-state index contributed by atoms with van der Waals surface area (Å²) in [6.45, 7) is 0.801. The minimum absolute atomic E-state index is 0.193.